The summed E-state index contributed by atoms with van der Waals surface area (Å²) in [6.45, 7) is 0.0250. The lowest BCUT2D eigenvalue weighted by Gasteiger charge is -2.09. The van der Waals surface area contributed by atoms with E-state index in [1.165, 1.54) is 35.2 Å². The number of aromatic nitrogens is 3. The van der Waals surface area contributed by atoms with Gasteiger partial charge in [0.15, 0.2) is 0 Å². The normalized spacial score (nSPS) is 11.3. The molecule has 0 spiro atoms. The number of nitrogens with zero attached hydrogens (tertiary/aromatic N) is 3. The molecule has 35 heavy (non-hydrogen) atoms. The molecule has 1 amide bonds. The number of anilines is 1. The number of carbonyl (C=O) groups excluding carboxylic acids is 1. The summed E-state index contributed by atoms with van der Waals surface area (Å²) in [5.41, 5.74) is 0.447. The molecule has 0 saturated heterocycles. The molecule has 4 rings (SSSR count). The van der Waals surface area contributed by atoms with Crippen LogP contribution in [0.4, 0.5) is 19.0 Å². The summed E-state index contributed by atoms with van der Waals surface area (Å²) in [7, 11) is 0. The average Bonchev–Trinajstić information content (AvgIpc) is 3.06. The van der Waals surface area contributed by atoms with E-state index < -0.39 is 29.6 Å². The van der Waals surface area contributed by atoms with Gasteiger partial charge >= 0.3 is 12.1 Å². The van der Waals surface area contributed by atoms with Gasteiger partial charge in [-0.25, -0.2) is 14.3 Å². The number of benzene rings is 2. The third-order valence-electron chi connectivity index (χ3n) is 4.77. The van der Waals surface area contributed by atoms with Crippen LogP contribution in [0.2, 0.25) is 5.02 Å². The lowest BCUT2D eigenvalue weighted by atomic mass is 10.2. The number of amides is 1. The molecular formula is C23H16ClF3N4O4. The highest BCUT2D eigenvalue weighted by atomic mass is 35.5. The summed E-state index contributed by atoms with van der Waals surface area (Å²) in [4.78, 5) is 29.4. The van der Waals surface area contributed by atoms with Gasteiger partial charge in [0.05, 0.1) is 18.4 Å². The number of halogens is 4. The number of carbonyl (C=O) groups is 1. The van der Waals surface area contributed by atoms with E-state index in [1.54, 1.807) is 30.3 Å². The van der Waals surface area contributed by atoms with Crippen LogP contribution in [0.3, 0.4) is 0 Å². The minimum Gasteiger partial charge on any atom is -0.493 e. The molecular weight excluding hydrogens is 489 g/mol. The van der Waals surface area contributed by atoms with Crippen molar-refractivity contribution >= 4 is 23.3 Å². The molecule has 0 fully saturated rings. The van der Waals surface area contributed by atoms with Crippen LogP contribution in [-0.4, -0.2) is 31.5 Å². The van der Waals surface area contributed by atoms with Crippen LogP contribution in [0.15, 0.2) is 77.9 Å². The smallest absolute Gasteiger partial charge is 0.493 e. The average molecular weight is 505 g/mol. The van der Waals surface area contributed by atoms with Crippen molar-refractivity contribution in [1.82, 2.24) is 14.1 Å². The highest BCUT2D eigenvalue weighted by Gasteiger charge is 2.31. The zero-order valence-corrected chi connectivity index (χ0v) is 18.4. The third-order valence-corrected chi connectivity index (χ3v) is 5.01. The van der Waals surface area contributed by atoms with Gasteiger partial charge in [0.25, 0.3) is 5.91 Å². The highest BCUT2D eigenvalue weighted by molar-refractivity contribution is 6.31. The van der Waals surface area contributed by atoms with E-state index in [-0.39, 0.29) is 18.1 Å². The van der Waals surface area contributed by atoms with E-state index >= 15 is 0 Å². The molecule has 2 aromatic carbocycles. The van der Waals surface area contributed by atoms with Gasteiger partial charge < -0.3 is 15.2 Å². The first kappa shape index (κ1) is 23.9. The van der Waals surface area contributed by atoms with E-state index in [0.29, 0.717) is 16.1 Å². The largest absolute Gasteiger partial charge is 0.573 e. The molecule has 180 valence electrons. The SMILES string of the molecule is O=C(Nc1cc(Cn2cc(O)n(-c3ccc(OC(F)(F)F)cc3)c2=O)ccn1)c1cccc(Cl)c1. The number of aromatic hydroxyl groups is 1. The summed E-state index contributed by atoms with van der Waals surface area (Å²) in [6, 6.07) is 14.1. The maximum atomic E-state index is 12.8. The van der Waals surface area contributed by atoms with Crippen LogP contribution in [-0.2, 0) is 6.54 Å². The molecule has 12 heteroatoms. The predicted molar refractivity (Wildman–Crippen MR) is 121 cm³/mol. The molecule has 0 radical (unpaired) electrons. The minimum absolute atomic E-state index is 0.0250. The lowest BCUT2D eigenvalue weighted by Crippen LogP contribution is -2.23. The number of rotatable bonds is 6. The Labute approximate surface area is 200 Å². The zero-order valence-electron chi connectivity index (χ0n) is 17.7. The second-order valence-electron chi connectivity index (χ2n) is 7.29. The van der Waals surface area contributed by atoms with Crippen LogP contribution in [0.25, 0.3) is 5.69 Å². The van der Waals surface area contributed by atoms with E-state index in [9.17, 15) is 27.9 Å². The second-order valence-corrected chi connectivity index (χ2v) is 7.73. The lowest BCUT2D eigenvalue weighted by molar-refractivity contribution is -0.274. The first-order valence-electron chi connectivity index (χ1n) is 9.98. The first-order chi connectivity index (χ1) is 16.6. The molecule has 2 N–H and O–H groups in total. The number of hydrogen-bond donors (Lipinski definition) is 2. The van der Waals surface area contributed by atoms with Gasteiger partial charge in [-0.1, -0.05) is 17.7 Å². The molecule has 0 bridgehead atoms. The van der Waals surface area contributed by atoms with E-state index in [2.05, 4.69) is 15.0 Å². The molecule has 0 aliphatic heterocycles. The highest BCUT2D eigenvalue weighted by Crippen LogP contribution is 2.24. The standard InChI is InChI=1S/C23H16ClF3N4O4/c24-16-3-1-2-15(11-16)21(33)29-19-10-14(8-9-28-19)12-30-13-20(32)31(22(30)34)17-4-6-18(7-5-17)35-23(25,26)27/h1-11,13,32H,12H2,(H,28,29,33). The fourth-order valence-corrected chi connectivity index (χ4v) is 3.48. The van der Waals surface area contributed by atoms with Crippen LogP contribution in [0.1, 0.15) is 15.9 Å². The zero-order chi connectivity index (χ0) is 25.2. The summed E-state index contributed by atoms with van der Waals surface area (Å²) < 4.78 is 43.0. The van der Waals surface area contributed by atoms with Crippen LogP contribution in [0.5, 0.6) is 11.6 Å². The van der Waals surface area contributed by atoms with Crippen molar-refractivity contribution in [3.63, 3.8) is 0 Å². The molecule has 2 heterocycles. The van der Waals surface area contributed by atoms with Crippen LogP contribution >= 0.6 is 11.6 Å². The van der Waals surface area contributed by atoms with Crippen molar-refractivity contribution in [2.45, 2.75) is 12.9 Å². The molecule has 2 aromatic heterocycles. The summed E-state index contributed by atoms with van der Waals surface area (Å²) in [6.07, 6.45) is -2.21. The fraction of sp³-hybridized carbons (Fsp3) is 0.0870. The summed E-state index contributed by atoms with van der Waals surface area (Å²) in [5, 5.41) is 13.3. The predicted octanol–water partition coefficient (Wildman–Crippen LogP) is 4.59. The Bertz CT molecular complexity index is 1430. The van der Waals surface area contributed by atoms with Crippen molar-refractivity contribution in [3.8, 4) is 17.3 Å². The number of ether oxygens (including phenoxy) is 1. The maximum Gasteiger partial charge on any atom is 0.573 e. The Morgan fingerprint density at radius 3 is 2.54 bits per heavy atom. The number of alkyl halides is 3. The van der Waals surface area contributed by atoms with Gasteiger partial charge in [0, 0.05) is 16.8 Å². The van der Waals surface area contributed by atoms with Crippen molar-refractivity contribution in [2.24, 2.45) is 0 Å². The van der Waals surface area contributed by atoms with Crippen molar-refractivity contribution in [3.05, 3.63) is 99.7 Å². The Morgan fingerprint density at radius 2 is 1.86 bits per heavy atom. The van der Waals surface area contributed by atoms with Crippen molar-refractivity contribution in [1.29, 1.82) is 0 Å². The summed E-state index contributed by atoms with van der Waals surface area (Å²) >= 11 is 5.91. The van der Waals surface area contributed by atoms with Crippen molar-refractivity contribution < 1.29 is 27.8 Å². The Hall–Kier alpha value is -4.25. The van der Waals surface area contributed by atoms with Gasteiger partial charge in [0.2, 0.25) is 5.88 Å². The quantitative estimate of drug-likeness (QED) is 0.400. The molecule has 0 aliphatic rings. The van der Waals surface area contributed by atoms with Gasteiger partial charge in [-0.05, 0) is 60.2 Å². The fourth-order valence-electron chi connectivity index (χ4n) is 3.29. The first-order valence-corrected chi connectivity index (χ1v) is 10.4. The molecule has 0 atom stereocenters. The Balaban J connectivity index is 1.52. The van der Waals surface area contributed by atoms with E-state index in [0.717, 1.165) is 16.7 Å². The minimum atomic E-state index is -4.85. The van der Waals surface area contributed by atoms with Gasteiger partial charge in [-0.15, -0.1) is 13.2 Å². The monoisotopic (exact) mass is 504 g/mol. The number of hydrogen-bond acceptors (Lipinski definition) is 5. The third kappa shape index (κ3) is 5.82. The number of imidazole rings is 1. The number of pyridine rings is 1. The Morgan fingerprint density at radius 1 is 1.11 bits per heavy atom. The summed E-state index contributed by atoms with van der Waals surface area (Å²) in [5.74, 6) is -1.05. The van der Waals surface area contributed by atoms with E-state index in [4.69, 9.17) is 11.6 Å². The molecule has 0 unspecified atom stereocenters. The van der Waals surface area contributed by atoms with Crippen LogP contribution in [0, 0.1) is 0 Å². The van der Waals surface area contributed by atoms with Gasteiger partial charge in [0.1, 0.15) is 11.6 Å². The van der Waals surface area contributed by atoms with Gasteiger partial charge in [-0.3, -0.25) is 9.36 Å². The van der Waals surface area contributed by atoms with Gasteiger partial charge in [-0.2, -0.15) is 0 Å². The molecule has 0 saturated carbocycles. The van der Waals surface area contributed by atoms with Crippen molar-refractivity contribution in [2.75, 3.05) is 5.32 Å². The topological polar surface area (TPSA) is 98.4 Å². The molecule has 0 aliphatic carbocycles. The van der Waals surface area contributed by atoms with Crippen LogP contribution < -0.4 is 15.7 Å². The Kier molecular flexibility index (Phi) is 6.52. The van der Waals surface area contributed by atoms with E-state index in [1.807, 2.05) is 0 Å². The molecule has 4 aromatic rings. The molecule has 8 nitrogen and oxygen atoms in total. The second kappa shape index (κ2) is 9.55. The number of nitrogens with one attached hydrogen (secondary N) is 1. The maximum absolute atomic E-state index is 12.8.